The molecule has 33 heavy (non-hydrogen) atoms. The monoisotopic (exact) mass is 485 g/mol. The Morgan fingerprint density at radius 3 is 2.42 bits per heavy atom. The zero-order valence-electron chi connectivity index (χ0n) is 19.2. The fourth-order valence-corrected chi connectivity index (χ4v) is 4.66. The largest absolute Gasteiger partial charge is 0.493 e. The van der Waals surface area contributed by atoms with Gasteiger partial charge in [0.25, 0.3) is 5.91 Å². The lowest BCUT2D eigenvalue weighted by Gasteiger charge is -2.14. The summed E-state index contributed by atoms with van der Waals surface area (Å²) in [6.07, 6.45) is 0. The Kier molecular flexibility index (Phi) is 7.99. The summed E-state index contributed by atoms with van der Waals surface area (Å²) < 4.78 is 10.5. The van der Waals surface area contributed by atoms with E-state index in [9.17, 15) is 9.59 Å². The molecule has 0 atom stereocenters. The topological polar surface area (TPSA) is 89.5 Å². The van der Waals surface area contributed by atoms with Gasteiger partial charge in [-0.25, -0.2) is 4.98 Å². The first kappa shape index (κ1) is 24.6. The Balaban J connectivity index is 1.64. The summed E-state index contributed by atoms with van der Waals surface area (Å²) in [4.78, 5) is 30.6. The molecule has 2 aromatic carbocycles. The summed E-state index contributed by atoms with van der Waals surface area (Å²) in [5.74, 6) is 0.802. The lowest BCUT2D eigenvalue weighted by molar-refractivity contribution is -0.113. The lowest BCUT2D eigenvalue weighted by atomic mass is 9.93. The number of nitrogens with one attached hydrogen (secondary N) is 2. The van der Waals surface area contributed by atoms with Gasteiger partial charge >= 0.3 is 0 Å². The summed E-state index contributed by atoms with van der Waals surface area (Å²) in [5.41, 5.74) is 1.93. The zero-order valence-corrected chi connectivity index (χ0v) is 20.9. The summed E-state index contributed by atoms with van der Waals surface area (Å²) in [7, 11) is 3.09. The van der Waals surface area contributed by atoms with Crippen LogP contribution in [0.25, 0.3) is 0 Å². The Hall–Kier alpha value is -3.04. The number of hydrogen-bond donors (Lipinski definition) is 2. The van der Waals surface area contributed by atoms with Crippen LogP contribution in [0, 0.1) is 0 Å². The third-order valence-electron chi connectivity index (χ3n) is 4.65. The number of benzene rings is 2. The van der Waals surface area contributed by atoms with Crippen molar-refractivity contribution in [3.05, 3.63) is 59.1 Å². The highest BCUT2D eigenvalue weighted by atomic mass is 32.2. The number of hydrogen-bond acceptors (Lipinski definition) is 7. The third-order valence-corrected chi connectivity index (χ3v) is 6.48. The van der Waals surface area contributed by atoms with Crippen LogP contribution in [0.4, 0.5) is 10.8 Å². The second kappa shape index (κ2) is 10.7. The molecular weight excluding hydrogens is 458 g/mol. The predicted molar refractivity (Wildman–Crippen MR) is 134 cm³/mol. The van der Waals surface area contributed by atoms with E-state index < -0.39 is 0 Å². The SMILES string of the molecule is COc1ccc(NC(=O)CSc2ccccc2C(=O)Nc2nc(C(C)(C)C)cs2)cc1OC. The number of ether oxygens (including phenoxy) is 2. The number of nitrogens with zero attached hydrogens (tertiary/aromatic N) is 1. The van der Waals surface area contributed by atoms with Crippen molar-refractivity contribution < 1.29 is 19.1 Å². The molecule has 0 radical (unpaired) electrons. The van der Waals surface area contributed by atoms with Crippen molar-refractivity contribution >= 4 is 45.7 Å². The molecule has 0 aliphatic carbocycles. The van der Waals surface area contributed by atoms with Gasteiger partial charge in [-0.2, -0.15) is 0 Å². The van der Waals surface area contributed by atoms with E-state index in [1.807, 2.05) is 17.5 Å². The van der Waals surface area contributed by atoms with E-state index in [-0.39, 0.29) is 23.0 Å². The van der Waals surface area contributed by atoms with Crippen LogP contribution in [0.15, 0.2) is 52.7 Å². The van der Waals surface area contributed by atoms with Crippen LogP contribution in [0.1, 0.15) is 36.8 Å². The molecule has 0 aliphatic heterocycles. The summed E-state index contributed by atoms with van der Waals surface area (Å²) in [6.45, 7) is 6.23. The second-order valence-corrected chi connectivity index (χ2v) is 10.0. The number of rotatable bonds is 8. The molecule has 0 fully saturated rings. The molecule has 2 amide bonds. The molecule has 0 saturated heterocycles. The minimum atomic E-state index is -0.256. The summed E-state index contributed by atoms with van der Waals surface area (Å²) in [5, 5.41) is 8.22. The van der Waals surface area contributed by atoms with E-state index in [0.29, 0.717) is 32.8 Å². The van der Waals surface area contributed by atoms with Gasteiger partial charge in [0.05, 0.1) is 31.2 Å². The first-order valence-electron chi connectivity index (χ1n) is 10.2. The highest BCUT2D eigenvalue weighted by Gasteiger charge is 2.19. The molecule has 0 unspecified atom stereocenters. The molecule has 9 heteroatoms. The molecule has 0 saturated carbocycles. The number of methoxy groups -OCH3 is 2. The van der Waals surface area contributed by atoms with E-state index in [1.165, 1.54) is 30.2 Å². The Morgan fingerprint density at radius 2 is 1.76 bits per heavy atom. The van der Waals surface area contributed by atoms with Crippen molar-refractivity contribution in [1.29, 1.82) is 0 Å². The molecule has 0 spiro atoms. The third kappa shape index (κ3) is 6.49. The van der Waals surface area contributed by atoms with Gasteiger partial charge in [-0.1, -0.05) is 32.9 Å². The van der Waals surface area contributed by atoms with E-state index in [0.717, 1.165) is 5.69 Å². The molecule has 0 bridgehead atoms. The van der Waals surface area contributed by atoms with Gasteiger partial charge in [0.15, 0.2) is 16.6 Å². The van der Waals surface area contributed by atoms with Crippen LogP contribution in [0.3, 0.4) is 0 Å². The zero-order chi connectivity index (χ0) is 24.0. The van der Waals surface area contributed by atoms with E-state index in [4.69, 9.17) is 9.47 Å². The molecule has 1 aromatic heterocycles. The standard InChI is InChI=1S/C24H27N3O4S2/c1-24(2,3)20-13-33-23(26-20)27-22(29)16-8-6-7-9-19(16)32-14-21(28)25-15-10-11-17(30-4)18(12-15)31-5/h6-13H,14H2,1-5H3,(H,25,28)(H,26,27,29). The fraction of sp³-hybridized carbons (Fsp3) is 0.292. The van der Waals surface area contributed by atoms with Crippen LogP contribution in [-0.2, 0) is 10.2 Å². The number of thiazole rings is 1. The number of anilines is 2. The first-order valence-corrected chi connectivity index (χ1v) is 12.1. The van der Waals surface area contributed by atoms with Gasteiger partial charge in [0, 0.05) is 27.4 Å². The molecule has 7 nitrogen and oxygen atoms in total. The van der Waals surface area contributed by atoms with E-state index in [1.54, 1.807) is 37.4 Å². The number of amides is 2. The molecule has 3 rings (SSSR count). The van der Waals surface area contributed by atoms with E-state index in [2.05, 4.69) is 36.4 Å². The normalized spacial score (nSPS) is 11.1. The summed E-state index contributed by atoms with van der Waals surface area (Å²) in [6, 6.07) is 12.4. The van der Waals surface area contributed by atoms with Crippen LogP contribution in [0.2, 0.25) is 0 Å². The molecule has 3 aromatic rings. The van der Waals surface area contributed by atoms with Crippen LogP contribution < -0.4 is 20.1 Å². The van der Waals surface area contributed by atoms with Crippen LogP contribution in [-0.4, -0.2) is 36.8 Å². The highest BCUT2D eigenvalue weighted by molar-refractivity contribution is 8.00. The number of thioether (sulfide) groups is 1. The van der Waals surface area contributed by atoms with E-state index >= 15 is 0 Å². The van der Waals surface area contributed by atoms with Crippen molar-refractivity contribution in [2.45, 2.75) is 31.1 Å². The minimum absolute atomic E-state index is 0.0888. The van der Waals surface area contributed by atoms with Gasteiger partial charge in [0.1, 0.15) is 0 Å². The van der Waals surface area contributed by atoms with Gasteiger partial charge in [-0.3, -0.25) is 14.9 Å². The first-order chi connectivity index (χ1) is 15.7. The maximum atomic E-state index is 12.9. The smallest absolute Gasteiger partial charge is 0.258 e. The molecule has 1 heterocycles. The molecule has 174 valence electrons. The Labute approximate surface area is 201 Å². The number of carbonyl (C=O) groups excluding carboxylic acids is 2. The average Bonchev–Trinajstić information content (AvgIpc) is 3.27. The van der Waals surface area contributed by atoms with Gasteiger partial charge in [-0.05, 0) is 24.3 Å². The maximum absolute atomic E-state index is 12.9. The Bertz CT molecular complexity index is 1140. The van der Waals surface area contributed by atoms with Crippen molar-refractivity contribution in [2.75, 3.05) is 30.6 Å². The number of aromatic nitrogens is 1. The van der Waals surface area contributed by atoms with Crippen molar-refractivity contribution in [2.24, 2.45) is 0 Å². The Morgan fingerprint density at radius 1 is 1.03 bits per heavy atom. The van der Waals surface area contributed by atoms with Gasteiger partial charge in [0.2, 0.25) is 5.91 Å². The number of carbonyl (C=O) groups is 2. The molecule has 2 N–H and O–H groups in total. The van der Waals surface area contributed by atoms with Crippen LogP contribution in [0.5, 0.6) is 11.5 Å². The predicted octanol–water partition coefficient (Wildman–Crippen LogP) is 5.44. The van der Waals surface area contributed by atoms with Gasteiger partial charge in [-0.15, -0.1) is 23.1 Å². The average molecular weight is 486 g/mol. The molecule has 0 aliphatic rings. The summed E-state index contributed by atoms with van der Waals surface area (Å²) >= 11 is 2.69. The van der Waals surface area contributed by atoms with Crippen molar-refractivity contribution in [3.8, 4) is 11.5 Å². The van der Waals surface area contributed by atoms with Crippen molar-refractivity contribution in [3.63, 3.8) is 0 Å². The minimum Gasteiger partial charge on any atom is -0.493 e. The highest BCUT2D eigenvalue weighted by Crippen LogP contribution is 2.31. The maximum Gasteiger partial charge on any atom is 0.258 e. The van der Waals surface area contributed by atoms with Crippen molar-refractivity contribution in [1.82, 2.24) is 4.98 Å². The quantitative estimate of drug-likeness (QED) is 0.413. The molecular formula is C24H27N3O4S2. The lowest BCUT2D eigenvalue weighted by Crippen LogP contribution is -2.16. The fourth-order valence-electron chi connectivity index (χ4n) is 2.87. The second-order valence-electron chi connectivity index (χ2n) is 8.14. The van der Waals surface area contributed by atoms with Gasteiger partial charge < -0.3 is 14.8 Å². The van der Waals surface area contributed by atoms with Crippen LogP contribution >= 0.6 is 23.1 Å².